The third-order valence-electron chi connectivity index (χ3n) is 5.14. The molecule has 0 radical (unpaired) electrons. The molecule has 0 amide bonds. The Balaban J connectivity index is 1.81. The molecule has 0 saturated heterocycles. The fourth-order valence-electron chi connectivity index (χ4n) is 3.33. The Labute approximate surface area is 186 Å². The van der Waals surface area contributed by atoms with Gasteiger partial charge in [0.05, 0.1) is 29.0 Å². The molecule has 0 atom stereocenters. The molecule has 0 fully saturated rings. The summed E-state index contributed by atoms with van der Waals surface area (Å²) in [6.45, 7) is 4.22. The van der Waals surface area contributed by atoms with Crippen LogP contribution in [0.3, 0.4) is 0 Å². The highest BCUT2D eigenvalue weighted by atomic mass is 32.2. The molecule has 2 N–H and O–H groups in total. The van der Waals surface area contributed by atoms with Crippen molar-refractivity contribution in [3.8, 4) is 5.75 Å². The van der Waals surface area contributed by atoms with Gasteiger partial charge in [-0.25, -0.2) is 13.2 Å². The number of nitrogens with zero attached hydrogens (tertiary/aromatic N) is 2. The number of methoxy groups -OCH3 is 1. The van der Waals surface area contributed by atoms with Crippen LogP contribution in [0.15, 0.2) is 51.9 Å². The lowest BCUT2D eigenvalue weighted by Gasteiger charge is -2.22. The summed E-state index contributed by atoms with van der Waals surface area (Å²) in [7, 11) is -0.626. The van der Waals surface area contributed by atoms with E-state index in [4.69, 9.17) is 9.26 Å². The van der Waals surface area contributed by atoms with E-state index in [1.165, 1.54) is 43.5 Å². The van der Waals surface area contributed by atoms with Crippen LogP contribution in [0.4, 0.5) is 11.4 Å². The molecule has 10 heteroatoms. The SMILES string of the molecule is COc1ccc(S(=O)(=O)Nc2ccc(N(C)CCc3c(C)noc3C)c(C(=O)O)c2)cc1. The van der Waals surface area contributed by atoms with Crippen LogP contribution in [-0.2, 0) is 16.4 Å². The number of hydrogen-bond acceptors (Lipinski definition) is 7. The van der Waals surface area contributed by atoms with Gasteiger partial charge in [-0.2, -0.15) is 0 Å². The number of aromatic carboxylic acids is 1. The van der Waals surface area contributed by atoms with Crippen LogP contribution in [0.1, 0.15) is 27.4 Å². The van der Waals surface area contributed by atoms with Crippen molar-refractivity contribution in [2.45, 2.75) is 25.2 Å². The van der Waals surface area contributed by atoms with E-state index in [-0.39, 0.29) is 16.1 Å². The van der Waals surface area contributed by atoms with E-state index in [1.807, 2.05) is 13.8 Å². The van der Waals surface area contributed by atoms with Crippen molar-refractivity contribution in [1.82, 2.24) is 5.16 Å². The van der Waals surface area contributed by atoms with Gasteiger partial charge in [0, 0.05) is 24.8 Å². The van der Waals surface area contributed by atoms with Crippen LogP contribution in [0.5, 0.6) is 5.75 Å². The van der Waals surface area contributed by atoms with Gasteiger partial charge in [-0.3, -0.25) is 4.72 Å². The Kier molecular flexibility index (Phi) is 6.73. The summed E-state index contributed by atoms with van der Waals surface area (Å²) in [4.78, 5) is 13.7. The molecule has 0 unspecified atom stereocenters. The van der Waals surface area contributed by atoms with E-state index >= 15 is 0 Å². The molecular formula is C22H25N3O6S. The lowest BCUT2D eigenvalue weighted by atomic mass is 10.1. The largest absolute Gasteiger partial charge is 0.497 e. The predicted octanol–water partition coefficient (Wildman–Crippen LogP) is 3.48. The number of sulfonamides is 1. The van der Waals surface area contributed by atoms with Gasteiger partial charge in [0.2, 0.25) is 0 Å². The molecule has 0 spiro atoms. The highest BCUT2D eigenvalue weighted by Gasteiger charge is 2.19. The first-order valence-corrected chi connectivity index (χ1v) is 11.3. The number of nitrogens with one attached hydrogen (secondary N) is 1. The molecule has 0 aliphatic carbocycles. The Morgan fingerprint density at radius 1 is 1.19 bits per heavy atom. The van der Waals surface area contributed by atoms with Gasteiger partial charge in [-0.05, 0) is 62.7 Å². The van der Waals surface area contributed by atoms with Gasteiger partial charge in [-0.15, -0.1) is 0 Å². The average molecular weight is 460 g/mol. The van der Waals surface area contributed by atoms with Crippen molar-refractivity contribution in [3.05, 3.63) is 65.0 Å². The zero-order valence-electron chi connectivity index (χ0n) is 18.2. The molecule has 3 aromatic rings. The topological polar surface area (TPSA) is 122 Å². The number of likely N-dealkylation sites (N-methyl/N-ethyl adjacent to an activating group) is 1. The smallest absolute Gasteiger partial charge is 0.337 e. The molecule has 170 valence electrons. The van der Waals surface area contributed by atoms with Crippen molar-refractivity contribution in [1.29, 1.82) is 0 Å². The summed E-state index contributed by atoms with van der Waals surface area (Å²) in [6, 6.07) is 10.3. The minimum atomic E-state index is -3.89. The van der Waals surface area contributed by atoms with Gasteiger partial charge in [0.25, 0.3) is 10.0 Å². The molecule has 0 saturated carbocycles. The van der Waals surface area contributed by atoms with Gasteiger partial charge < -0.3 is 19.3 Å². The standard InChI is InChI=1S/C22H25N3O6S/c1-14-19(15(2)31-23-14)11-12-25(3)21-10-5-16(13-20(21)22(26)27)24-32(28,29)18-8-6-17(30-4)7-9-18/h5-10,13,24H,11-12H2,1-4H3,(H,26,27). The van der Waals surface area contributed by atoms with Crippen LogP contribution in [0.25, 0.3) is 0 Å². The van der Waals surface area contributed by atoms with Crippen LogP contribution in [0, 0.1) is 13.8 Å². The Bertz CT molecular complexity index is 1200. The molecule has 2 aromatic carbocycles. The maximum absolute atomic E-state index is 12.7. The number of benzene rings is 2. The van der Waals surface area contributed by atoms with Gasteiger partial charge in [-0.1, -0.05) is 5.16 Å². The Morgan fingerprint density at radius 3 is 2.44 bits per heavy atom. The van der Waals surface area contributed by atoms with Crippen LogP contribution in [0.2, 0.25) is 0 Å². The summed E-state index contributed by atoms with van der Waals surface area (Å²) in [6.07, 6.45) is 0.628. The zero-order valence-corrected chi connectivity index (χ0v) is 19.1. The first kappa shape index (κ1) is 23.1. The maximum atomic E-state index is 12.7. The number of anilines is 2. The fourth-order valence-corrected chi connectivity index (χ4v) is 4.38. The highest BCUT2D eigenvalue weighted by Crippen LogP contribution is 2.26. The summed E-state index contributed by atoms with van der Waals surface area (Å²) >= 11 is 0. The second kappa shape index (κ2) is 9.31. The Morgan fingerprint density at radius 2 is 1.88 bits per heavy atom. The molecule has 0 aliphatic heterocycles. The van der Waals surface area contributed by atoms with Gasteiger partial charge in [0.15, 0.2) is 0 Å². The number of rotatable bonds is 9. The third kappa shape index (κ3) is 5.02. The van der Waals surface area contributed by atoms with Crippen LogP contribution < -0.4 is 14.4 Å². The molecule has 1 heterocycles. The number of carbonyl (C=O) groups is 1. The summed E-state index contributed by atoms with van der Waals surface area (Å²) < 4.78 is 38.0. The van der Waals surface area contributed by atoms with E-state index in [0.29, 0.717) is 24.4 Å². The average Bonchev–Trinajstić information content (AvgIpc) is 3.09. The number of ether oxygens (including phenoxy) is 1. The lowest BCUT2D eigenvalue weighted by molar-refractivity contribution is 0.0697. The van der Waals surface area contributed by atoms with Crippen molar-refractivity contribution in [3.63, 3.8) is 0 Å². The molecule has 1 aromatic heterocycles. The van der Waals surface area contributed by atoms with E-state index in [2.05, 4.69) is 9.88 Å². The number of hydrogen-bond donors (Lipinski definition) is 2. The van der Waals surface area contributed by atoms with Crippen molar-refractivity contribution < 1.29 is 27.6 Å². The van der Waals surface area contributed by atoms with Gasteiger partial charge >= 0.3 is 5.97 Å². The zero-order chi connectivity index (χ0) is 23.5. The van der Waals surface area contributed by atoms with Crippen molar-refractivity contribution in [2.24, 2.45) is 0 Å². The van der Waals surface area contributed by atoms with Crippen molar-refractivity contribution in [2.75, 3.05) is 30.3 Å². The molecule has 9 nitrogen and oxygen atoms in total. The third-order valence-corrected chi connectivity index (χ3v) is 6.54. The summed E-state index contributed by atoms with van der Waals surface area (Å²) in [5.74, 6) is 0.105. The Hall–Kier alpha value is -3.53. The minimum absolute atomic E-state index is 0.0128. The number of carboxylic acids is 1. The monoisotopic (exact) mass is 459 g/mol. The number of carboxylic acid groups (broad SMARTS) is 1. The first-order chi connectivity index (χ1) is 15.1. The van der Waals surface area contributed by atoms with E-state index in [9.17, 15) is 18.3 Å². The normalized spacial score (nSPS) is 11.2. The van der Waals surface area contributed by atoms with Gasteiger partial charge in [0.1, 0.15) is 11.5 Å². The summed E-state index contributed by atoms with van der Waals surface area (Å²) in [5, 5.41) is 13.6. The van der Waals surface area contributed by atoms with Crippen LogP contribution >= 0.6 is 0 Å². The molecule has 0 bridgehead atoms. The van der Waals surface area contributed by atoms with E-state index in [1.54, 1.807) is 18.0 Å². The first-order valence-electron chi connectivity index (χ1n) is 9.79. The molecule has 3 rings (SSSR count). The second-order valence-corrected chi connectivity index (χ2v) is 8.97. The number of aromatic nitrogens is 1. The molecule has 0 aliphatic rings. The van der Waals surface area contributed by atoms with E-state index < -0.39 is 16.0 Å². The lowest BCUT2D eigenvalue weighted by Crippen LogP contribution is -2.23. The second-order valence-electron chi connectivity index (χ2n) is 7.29. The van der Waals surface area contributed by atoms with Crippen molar-refractivity contribution >= 4 is 27.4 Å². The predicted molar refractivity (Wildman–Crippen MR) is 120 cm³/mol. The minimum Gasteiger partial charge on any atom is -0.497 e. The van der Waals surface area contributed by atoms with E-state index in [0.717, 1.165) is 17.0 Å². The highest BCUT2D eigenvalue weighted by molar-refractivity contribution is 7.92. The van der Waals surface area contributed by atoms with Crippen LogP contribution in [-0.4, -0.2) is 45.4 Å². The summed E-state index contributed by atoms with van der Waals surface area (Å²) in [5.41, 5.74) is 2.40. The quantitative estimate of drug-likeness (QED) is 0.499. The maximum Gasteiger partial charge on any atom is 0.337 e. The fraction of sp³-hybridized carbons (Fsp3) is 0.273. The molecular weight excluding hydrogens is 434 g/mol. The molecule has 32 heavy (non-hydrogen) atoms. The number of aryl methyl sites for hydroxylation is 2.